The molecule has 0 bridgehead atoms. The van der Waals surface area contributed by atoms with Crippen molar-refractivity contribution in [3.63, 3.8) is 0 Å². The van der Waals surface area contributed by atoms with E-state index in [2.05, 4.69) is 10.6 Å². The fourth-order valence-electron chi connectivity index (χ4n) is 3.07. The largest absolute Gasteiger partial charge is 0.353 e. The summed E-state index contributed by atoms with van der Waals surface area (Å²) < 4.78 is 0. The van der Waals surface area contributed by atoms with Crippen LogP contribution < -0.4 is 16.4 Å². The highest BCUT2D eigenvalue weighted by Gasteiger charge is 2.20. The Bertz CT molecular complexity index is 256. The van der Waals surface area contributed by atoms with Crippen LogP contribution in [0.5, 0.6) is 0 Å². The van der Waals surface area contributed by atoms with Gasteiger partial charge >= 0.3 is 0 Å². The molecule has 4 nitrogen and oxygen atoms in total. The van der Waals surface area contributed by atoms with E-state index in [-0.39, 0.29) is 5.91 Å². The molecule has 1 saturated carbocycles. The zero-order valence-electron chi connectivity index (χ0n) is 11.3. The van der Waals surface area contributed by atoms with Gasteiger partial charge in [0.1, 0.15) is 0 Å². The van der Waals surface area contributed by atoms with Gasteiger partial charge in [-0.25, -0.2) is 0 Å². The van der Waals surface area contributed by atoms with Crippen molar-refractivity contribution in [3.05, 3.63) is 0 Å². The van der Waals surface area contributed by atoms with E-state index in [9.17, 15) is 4.79 Å². The average Bonchev–Trinajstić information content (AvgIpc) is 2.40. The Morgan fingerprint density at radius 1 is 1.11 bits per heavy atom. The standard InChI is InChI=1S/C14H27N3O/c15-12-2-4-13(5-3-12)17-14(18)6-1-11-7-9-16-10-8-11/h11-13,16H,1-10,15H2,(H,17,18). The van der Waals surface area contributed by atoms with E-state index in [1.165, 1.54) is 12.8 Å². The lowest BCUT2D eigenvalue weighted by Gasteiger charge is -2.27. The molecule has 0 aromatic carbocycles. The van der Waals surface area contributed by atoms with Crippen LogP contribution in [0, 0.1) is 5.92 Å². The molecule has 2 aliphatic rings. The van der Waals surface area contributed by atoms with E-state index in [4.69, 9.17) is 5.73 Å². The van der Waals surface area contributed by atoms with E-state index in [1.54, 1.807) is 0 Å². The molecule has 1 heterocycles. The number of nitrogens with two attached hydrogens (primary N) is 1. The number of carbonyl (C=O) groups is 1. The Labute approximate surface area is 110 Å². The third-order valence-corrected chi connectivity index (χ3v) is 4.38. The topological polar surface area (TPSA) is 67.1 Å². The van der Waals surface area contributed by atoms with Gasteiger partial charge in [-0.2, -0.15) is 0 Å². The number of rotatable bonds is 4. The number of carbonyl (C=O) groups excluding carboxylic acids is 1. The van der Waals surface area contributed by atoms with Gasteiger partial charge in [0.05, 0.1) is 0 Å². The Hall–Kier alpha value is -0.610. The van der Waals surface area contributed by atoms with Crippen molar-refractivity contribution in [2.45, 2.75) is 63.5 Å². The second-order valence-corrected chi connectivity index (χ2v) is 5.91. The van der Waals surface area contributed by atoms with Gasteiger partial charge in [-0.05, 0) is 64.0 Å². The van der Waals surface area contributed by atoms with Gasteiger partial charge in [0.15, 0.2) is 0 Å². The maximum absolute atomic E-state index is 11.9. The average molecular weight is 253 g/mol. The molecule has 2 rings (SSSR count). The van der Waals surface area contributed by atoms with Gasteiger partial charge in [-0.15, -0.1) is 0 Å². The molecule has 1 saturated heterocycles. The van der Waals surface area contributed by atoms with Crippen molar-refractivity contribution in [1.82, 2.24) is 10.6 Å². The number of amides is 1. The van der Waals surface area contributed by atoms with Crippen molar-refractivity contribution in [2.24, 2.45) is 11.7 Å². The van der Waals surface area contributed by atoms with Crippen molar-refractivity contribution < 1.29 is 4.79 Å². The van der Waals surface area contributed by atoms with E-state index in [1.807, 2.05) is 0 Å². The van der Waals surface area contributed by atoms with E-state index >= 15 is 0 Å². The molecule has 0 aromatic rings. The first-order valence-electron chi connectivity index (χ1n) is 7.49. The summed E-state index contributed by atoms with van der Waals surface area (Å²) in [5, 5.41) is 6.53. The Balaban J connectivity index is 1.59. The van der Waals surface area contributed by atoms with Crippen molar-refractivity contribution in [2.75, 3.05) is 13.1 Å². The van der Waals surface area contributed by atoms with Gasteiger partial charge in [0.25, 0.3) is 0 Å². The molecule has 0 spiro atoms. The fourth-order valence-corrected chi connectivity index (χ4v) is 3.07. The highest BCUT2D eigenvalue weighted by atomic mass is 16.1. The monoisotopic (exact) mass is 253 g/mol. The van der Waals surface area contributed by atoms with Crippen LogP contribution in [0.2, 0.25) is 0 Å². The summed E-state index contributed by atoms with van der Waals surface area (Å²) in [5.41, 5.74) is 5.87. The maximum atomic E-state index is 11.9. The molecular weight excluding hydrogens is 226 g/mol. The molecule has 0 unspecified atom stereocenters. The third-order valence-electron chi connectivity index (χ3n) is 4.38. The first kappa shape index (κ1) is 13.8. The van der Waals surface area contributed by atoms with Gasteiger partial charge < -0.3 is 16.4 Å². The predicted molar refractivity (Wildman–Crippen MR) is 73.2 cm³/mol. The summed E-state index contributed by atoms with van der Waals surface area (Å²) in [6.07, 6.45) is 8.43. The van der Waals surface area contributed by atoms with E-state index in [0.717, 1.165) is 51.1 Å². The van der Waals surface area contributed by atoms with E-state index < -0.39 is 0 Å². The zero-order valence-corrected chi connectivity index (χ0v) is 11.3. The number of piperidine rings is 1. The summed E-state index contributed by atoms with van der Waals surface area (Å²) in [7, 11) is 0. The minimum Gasteiger partial charge on any atom is -0.353 e. The molecule has 1 amide bonds. The van der Waals surface area contributed by atoms with Crippen LogP contribution in [0.3, 0.4) is 0 Å². The van der Waals surface area contributed by atoms with Crippen LogP contribution in [-0.4, -0.2) is 31.1 Å². The highest BCUT2D eigenvalue weighted by molar-refractivity contribution is 5.76. The lowest BCUT2D eigenvalue weighted by atomic mass is 9.91. The summed E-state index contributed by atoms with van der Waals surface area (Å²) in [5.74, 6) is 0.991. The smallest absolute Gasteiger partial charge is 0.220 e. The zero-order chi connectivity index (χ0) is 12.8. The number of nitrogens with one attached hydrogen (secondary N) is 2. The summed E-state index contributed by atoms with van der Waals surface area (Å²) in [6, 6.07) is 0.734. The summed E-state index contributed by atoms with van der Waals surface area (Å²) in [6.45, 7) is 2.24. The van der Waals surface area contributed by atoms with E-state index in [0.29, 0.717) is 18.5 Å². The van der Waals surface area contributed by atoms with Crippen LogP contribution >= 0.6 is 0 Å². The SMILES string of the molecule is NC1CCC(NC(=O)CCC2CCNCC2)CC1. The van der Waals surface area contributed by atoms with Gasteiger partial charge in [-0.1, -0.05) is 0 Å². The van der Waals surface area contributed by atoms with Gasteiger partial charge in [-0.3, -0.25) is 4.79 Å². The fraction of sp³-hybridized carbons (Fsp3) is 0.929. The number of hydrogen-bond donors (Lipinski definition) is 3. The lowest BCUT2D eigenvalue weighted by molar-refractivity contribution is -0.122. The second-order valence-electron chi connectivity index (χ2n) is 5.91. The molecule has 18 heavy (non-hydrogen) atoms. The lowest BCUT2D eigenvalue weighted by Crippen LogP contribution is -2.40. The molecule has 2 fully saturated rings. The van der Waals surface area contributed by atoms with Crippen LogP contribution in [0.25, 0.3) is 0 Å². The van der Waals surface area contributed by atoms with Crippen molar-refractivity contribution in [3.8, 4) is 0 Å². The maximum Gasteiger partial charge on any atom is 0.220 e. The summed E-state index contributed by atoms with van der Waals surface area (Å²) in [4.78, 5) is 11.9. The molecule has 0 radical (unpaired) electrons. The first-order valence-corrected chi connectivity index (χ1v) is 7.49. The summed E-state index contributed by atoms with van der Waals surface area (Å²) >= 11 is 0. The number of hydrogen-bond acceptors (Lipinski definition) is 3. The molecular formula is C14H27N3O. The van der Waals surface area contributed by atoms with Gasteiger partial charge in [0, 0.05) is 18.5 Å². The second kappa shape index (κ2) is 7.10. The molecule has 0 aromatic heterocycles. The third kappa shape index (κ3) is 4.58. The molecule has 104 valence electrons. The Morgan fingerprint density at radius 3 is 2.44 bits per heavy atom. The quantitative estimate of drug-likeness (QED) is 0.704. The predicted octanol–water partition coefficient (Wildman–Crippen LogP) is 1.15. The minimum absolute atomic E-state index is 0.244. The Kier molecular flexibility index (Phi) is 5.45. The highest BCUT2D eigenvalue weighted by Crippen LogP contribution is 2.19. The van der Waals surface area contributed by atoms with Crippen LogP contribution in [0.4, 0.5) is 0 Å². The van der Waals surface area contributed by atoms with Crippen LogP contribution in [0.1, 0.15) is 51.4 Å². The van der Waals surface area contributed by atoms with Crippen LogP contribution in [0.15, 0.2) is 0 Å². The van der Waals surface area contributed by atoms with Crippen molar-refractivity contribution >= 4 is 5.91 Å². The normalized spacial score (nSPS) is 30.1. The van der Waals surface area contributed by atoms with Crippen molar-refractivity contribution in [1.29, 1.82) is 0 Å². The minimum atomic E-state index is 0.244. The van der Waals surface area contributed by atoms with Crippen LogP contribution in [-0.2, 0) is 4.79 Å². The van der Waals surface area contributed by atoms with Gasteiger partial charge in [0.2, 0.25) is 5.91 Å². The molecule has 1 aliphatic carbocycles. The first-order chi connectivity index (χ1) is 8.74. The molecule has 4 heteroatoms. The Morgan fingerprint density at radius 2 is 1.78 bits per heavy atom. The molecule has 0 atom stereocenters. The molecule has 4 N–H and O–H groups in total. The molecule has 1 aliphatic heterocycles.